The molecule has 0 bridgehead atoms. The lowest BCUT2D eigenvalue weighted by Crippen LogP contribution is -2.50. The van der Waals surface area contributed by atoms with Gasteiger partial charge in [-0.3, -0.25) is 9.59 Å². The number of nitrogens with one attached hydrogen (secondary N) is 1. The van der Waals surface area contributed by atoms with Crippen LogP contribution in [0.1, 0.15) is 11.1 Å². The Labute approximate surface area is 147 Å². The number of morpholine rings is 1. The number of hydrogen-bond acceptors (Lipinski definition) is 3. The molecule has 0 spiro atoms. The molecule has 1 aliphatic rings. The Hall–Kier alpha value is -2.66. The highest BCUT2D eigenvalue weighted by atomic mass is 16.5. The fraction of sp³-hybridized carbons (Fsp3) is 0.300. The SMILES string of the molecule is Cc1ccccc1CC(=O)NCC1CN(c2ccccc2)C(=O)CO1. The number of para-hydroxylation sites is 1. The van der Waals surface area contributed by atoms with E-state index in [-0.39, 0.29) is 24.5 Å². The standard InChI is InChI=1S/C20H22N2O3/c1-15-7-5-6-8-16(15)11-19(23)21-12-18-13-22(20(24)14-25-18)17-9-3-2-4-10-17/h2-10,18H,11-14H2,1H3,(H,21,23). The number of nitrogens with zero attached hydrogens (tertiary/aromatic N) is 1. The van der Waals surface area contributed by atoms with Crippen LogP contribution in [0.2, 0.25) is 0 Å². The van der Waals surface area contributed by atoms with Gasteiger partial charge in [-0.15, -0.1) is 0 Å². The molecule has 2 amide bonds. The molecule has 5 nitrogen and oxygen atoms in total. The van der Waals surface area contributed by atoms with Crippen LogP contribution < -0.4 is 10.2 Å². The number of benzene rings is 2. The van der Waals surface area contributed by atoms with Gasteiger partial charge in [-0.2, -0.15) is 0 Å². The van der Waals surface area contributed by atoms with E-state index in [1.807, 2.05) is 61.5 Å². The van der Waals surface area contributed by atoms with Gasteiger partial charge >= 0.3 is 0 Å². The maximum Gasteiger partial charge on any atom is 0.253 e. The second kappa shape index (κ2) is 7.94. The maximum absolute atomic E-state index is 12.2. The highest BCUT2D eigenvalue weighted by Crippen LogP contribution is 2.17. The Morgan fingerprint density at radius 1 is 1.16 bits per heavy atom. The third kappa shape index (κ3) is 4.45. The number of carbonyl (C=O) groups excluding carboxylic acids is 2. The summed E-state index contributed by atoms with van der Waals surface area (Å²) in [4.78, 5) is 26.0. The van der Waals surface area contributed by atoms with Crippen molar-refractivity contribution in [2.75, 3.05) is 24.6 Å². The van der Waals surface area contributed by atoms with Crippen LogP contribution in [-0.2, 0) is 20.7 Å². The van der Waals surface area contributed by atoms with Gasteiger partial charge in [0.2, 0.25) is 5.91 Å². The summed E-state index contributed by atoms with van der Waals surface area (Å²) in [5.74, 6) is -0.102. The summed E-state index contributed by atoms with van der Waals surface area (Å²) in [7, 11) is 0. The summed E-state index contributed by atoms with van der Waals surface area (Å²) < 4.78 is 5.56. The van der Waals surface area contributed by atoms with Gasteiger partial charge in [0.05, 0.1) is 19.1 Å². The first kappa shape index (κ1) is 17.2. The van der Waals surface area contributed by atoms with Crippen LogP contribution in [0.15, 0.2) is 54.6 Å². The number of ether oxygens (including phenoxy) is 1. The molecule has 5 heteroatoms. The van der Waals surface area contributed by atoms with Crippen molar-refractivity contribution in [3.63, 3.8) is 0 Å². The molecule has 0 radical (unpaired) electrons. The van der Waals surface area contributed by atoms with E-state index in [9.17, 15) is 9.59 Å². The van der Waals surface area contributed by atoms with E-state index in [0.29, 0.717) is 19.5 Å². The van der Waals surface area contributed by atoms with Crippen LogP contribution in [0.5, 0.6) is 0 Å². The van der Waals surface area contributed by atoms with Crippen molar-refractivity contribution in [1.29, 1.82) is 0 Å². The van der Waals surface area contributed by atoms with Crippen molar-refractivity contribution in [2.24, 2.45) is 0 Å². The minimum Gasteiger partial charge on any atom is -0.365 e. The summed E-state index contributed by atoms with van der Waals surface area (Å²) in [5.41, 5.74) is 2.98. The minimum absolute atomic E-state index is 0.0349. The van der Waals surface area contributed by atoms with Gasteiger partial charge in [0.15, 0.2) is 0 Å². The minimum atomic E-state index is -0.210. The van der Waals surface area contributed by atoms with Gasteiger partial charge in [-0.1, -0.05) is 42.5 Å². The fourth-order valence-corrected chi connectivity index (χ4v) is 2.88. The predicted octanol–water partition coefficient (Wildman–Crippen LogP) is 2.09. The molecule has 0 saturated carbocycles. The number of amides is 2. The number of aryl methyl sites for hydroxylation is 1. The van der Waals surface area contributed by atoms with Gasteiger partial charge < -0.3 is 15.0 Å². The van der Waals surface area contributed by atoms with Gasteiger partial charge in [-0.25, -0.2) is 0 Å². The average molecular weight is 338 g/mol. The van der Waals surface area contributed by atoms with E-state index in [0.717, 1.165) is 16.8 Å². The van der Waals surface area contributed by atoms with E-state index in [4.69, 9.17) is 4.74 Å². The number of rotatable bonds is 5. The lowest BCUT2D eigenvalue weighted by molar-refractivity contribution is -0.129. The lowest BCUT2D eigenvalue weighted by atomic mass is 10.1. The van der Waals surface area contributed by atoms with Crippen LogP contribution in [-0.4, -0.2) is 37.6 Å². The molecular formula is C20H22N2O3. The third-order valence-corrected chi connectivity index (χ3v) is 4.34. The Morgan fingerprint density at radius 2 is 1.88 bits per heavy atom. The summed E-state index contributed by atoms with van der Waals surface area (Å²) in [6.45, 7) is 2.86. The van der Waals surface area contributed by atoms with Crippen LogP contribution >= 0.6 is 0 Å². The van der Waals surface area contributed by atoms with Crippen LogP contribution in [0, 0.1) is 6.92 Å². The van der Waals surface area contributed by atoms with E-state index in [1.165, 1.54) is 0 Å². The van der Waals surface area contributed by atoms with Gasteiger partial charge in [-0.05, 0) is 30.2 Å². The zero-order chi connectivity index (χ0) is 17.6. The fourth-order valence-electron chi connectivity index (χ4n) is 2.88. The van der Waals surface area contributed by atoms with Gasteiger partial charge in [0, 0.05) is 12.2 Å². The molecule has 1 saturated heterocycles. The maximum atomic E-state index is 12.2. The largest absolute Gasteiger partial charge is 0.365 e. The molecule has 1 atom stereocenters. The van der Waals surface area contributed by atoms with E-state index >= 15 is 0 Å². The van der Waals surface area contributed by atoms with Crippen molar-refractivity contribution >= 4 is 17.5 Å². The summed E-state index contributed by atoms with van der Waals surface area (Å²) in [6.07, 6.45) is 0.138. The topological polar surface area (TPSA) is 58.6 Å². The smallest absolute Gasteiger partial charge is 0.253 e. The summed E-state index contributed by atoms with van der Waals surface area (Å²) in [6, 6.07) is 17.4. The first-order chi connectivity index (χ1) is 12.1. The second-order valence-corrected chi connectivity index (χ2v) is 6.18. The van der Waals surface area contributed by atoms with Gasteiger partial charge in [0.1, 0.15) is 6.61 Å². The monoisotopic (exact) mass is 338 g/mol. The van der Waals surface area contributed by atoms with Crippen molar-refractivity contribution in [2.45, 2.75) is 19.4 Å². The Morgan fingerprint density at radius 3 is 2.64 bits per heavy atom. The van der Waals surface area contributed by atoms with E-state index in [2.05, 4.69) is 5.32 Å². The molecule has 130 valence electrons. The van der Waals surface area contributed by atoms with Crippen LogP contribution in [0.4, 0.5) is 5.69 Å². The molecule has 0 aromatic heterocycles. The quantitative estimate of drug-likeness (QED) is 0.908. The molecule has 1 aliphatic heterocycles. The highest BCUT2D eigenvalue weighted by Gasteiger charge is 2.27. The Bertz CT molecular complexity index is 746. The van der Waals surface area contributed by atoms with Crippen molar-refractivity contribution in [1.82, 2.24) is 5.32 Å². The highest BCUT2D eigenvalue weighted by molar-refractivity contribution is 5.95. The zero-order valence-corrected chi connectivity index (χ0v) is 14.3. The second-order valence-electron chi connectivity index (χ2n) is 6.18. The normalized spacial score (nSPS) is 17.4. The molecule has 1 fully saturated rings. The number of carbonyl (C=O) groups is 2. The molecule has 25 heavy (non-hydrogen) atoms. The molecule has 1 unspecified atom stereocenters. The first-order valence-corrected chi connectivity index (χ1v) is 8.41. The average Bonchev–Trinajstić information content (AvgIpc) is 2.64. The molecular weight excluding hydrogens is 316 g/mol. The lowest BCUT2D eigenvalue weighted by Gasteiger charge is -2.32. The van der Waals surface area contributed by atoms with Crippen LogP contribution in [0.3, 0.4) is 0 Å². The first-order valence-electron chi connectivity index (χ1n) is 8.41. The van der Waals surface area contributed by atoms with E-state index in [1.54, 1.807) is 4.90 Å². The summed E-state index contributed by atoms with van der Waals surface area (Å²) >= 11 is 0. The van der Waals surface area contributed by atoms with Crippen LogP contribution in [0.25, 0.3) is 0 Å². The number of anilines is 1. The third-order valence-electron chi connectivity index (χ3n) is 4.34. The molecule has 1 heterocycles. The molecule has 2 aromatic carbocycles. The summed E-state index contributed by atoms with van der Waals surface area (Å²) in [5, 5.41) is 2.91. The van der Waals surface area contributed by atoms with Crippen molar-refractivity contribution in [3.05, 3.63) is 65.7 Å². The van der Waals surface area contributed by atoms with Crippen molar-refractivity contribution < 1.29 is 14.3 Å². The molecule has 3 rings (SSSR count). The Kier molecular flexibility index (Phi) is 5.46. The molecule has 2 aromatic rings. The zero-order valence-electron chi connectivity index (χ0n) is 14.3. The molecule has 1 N–H and O–H groups in total. The Balaban J connectivity index is 1.54. The predicted molar refractivity (Wildman–Crippen MR) is 96.4 cm³/mol. The van der Waals surface area contributed by atoms with Crippen molar-refractivity contribution in [3.8, 4) is 0 Å². The number of hydrogen-bond donors (Lipinski definition) is 1. The van der Waals surface area contributed by atoms with E-state index < -0.39 is 0 Å². The molecule has 0 aliphatic carbocycles. The van der Waals surface area contributed by atoms with Gasteiger partial charge in [0.25, 0.3) is 5.91 Å².